The van der Waals surface area contributed by atoms with Crippen LogP contribution in [0.5, 0.6) is 5.75 Å². The van der Waals surface area contributed by atoms with Gasteiger partial charge in [-0.25, -0.2) is 14.4 Å². The van der Waals surface area contributed by atoms with Gasteiger partial charge in [0.15, 0.2) is 5.82 Å². The number of rotatable bonds is 5. The fourth-order valence-corrected chi connectivity index (χ4v) is 2.82. The number of carbonyl (C=O) groups is 1. The fourth-order valence-electron chi connectivity index (χ4n) is 2.82. The quantitative estimate of drug-likeness (QED) is 0.701. The monoisotopic (exact) mass is 353 g/mol. The maximum atomic E-state index is 14.6. The van der Waals surface area contributed by atoms with Gasteiger partial charge in [0.25, 0.3) is 0 Å². The molecule has 6 heteroatoms. The number of nitrogens with zero attached hydrogens (tertiary/aromatic N) is 3. The van der Waals surface area contributed by atoms with E-state index in [-0.39, 0.29) is 12.2 Å². The van der Waals surface area contributed by atoms with Crippen molar-refractivity contribution in [2.24, 2.45) is 0 Å². The van der Waals surface area contributed by atoms with E-state index >= 15 is 0 Å². The van der Waals surface area contributed by atoms with Crippen LogP contribution in [0.1, 0.15) is 12.5 Å². The topological polar surface area (TPSA) is 55.3 Å². The highest BCUT2D eigenvalue weighted by atomic mass is 19.1. The molecule has 1 heterocycles. The highest BCUT2D eigenvalue weighted by Crippen LogP contribution is 2.30. The zero-order valence-electron chi connectivity index (χ0n) is 15.2. The molecular formula is C20H20FN3O2. The average Bonchev–Trinajstić information content (AvgIpc) is 2.59. The molecule has 134 valence electrons. The molecule has 0 aliphatic rings. The highest BCUT2D eigenvalue weighted by molar-refractivity contribution is 5.92. The third-order valence-corrected chi connectivity index (χ3v) is 4.03. The first-order valence-corrected chi connectivity index (χ1v) is 8.20. The van der Waals surface area contributed by atoms with E-state index in [2.05, 4.69) is 9.97 Å². The molecule has 0 unspecified atom stereocenters. The van der Waals surface area contributed by atoms with Gasteiger partial charge in [0, 0.05) is 25.9 Å². The largest absolute Gasteiger partial charge is 0.497 e. The van der Waals surface area contributed by atoms with Crippen LogP contribution in [0.25, 0.3) is 22.3 Å². The molecule has 0 saturated carbocycles. The Hall–Kier alpha value is -3.02. The van der Waals surface area contributed by atoms with E-state index in [1.807, 2.05) is 37.2 Å². The maximum absolute atomic E-state index is 14.6. The Labute approximate surface area is 151 Å². The van der Waals surface area contributed by atoms with Crippen molar-refractivity contribution in [3.8, 4) is 17.1 Å². The van der Waals surface area contributed by atoms with Gasteiger partial charge in [-0.15, -0.1) is 0 Å². The van der Waals surface area contributed by atoms with E-state index in [0.717, 1.165) is 5.39 Å². The average molecular weight is 353 g/mol. The Balaban J connectivity index is 2.15. The van der Waals surface area contributed by atoms with Gasteiger partial charge in [-0.1, -0.05) is 6.07 Å². The molecule has 0 radical (unpaired) electrons. The first-order valence-electron chi connectivity index (χ1n) is 8.20. The zero-order chi connectivity index (χ0) is 18.8. The summed E-state index contributed by atoms with van der Waals surface area (Å²) >= 11 is 0. The van der Waals surface area contributed by atoms with E-state index in [1.54, 1.807) is 19.2 Å². The minimum absolute atomic E-state index is 0.0112. The van der Waals surface area contributed by atoms with Crippen molar-refractivity contribution in [1.29, 1.82) is 0 Å². The van der Waals surface area contributed by atoms with Crippen LogP contribution in [0, 0.1) is 5.82 Å². The normalized spacial score (nSPS) is 10.8. The Morgan fingerprint density at radius 3 is 2.54 bits per heavy atom. The number of anilines is 1. The van der Waals surface area contributed by atoms with Gasteiger partial charge in [-0.2, -0.15) is 0 Å². The van der Waals surface area contributed by atoms with Gasteiger partial charge in [-0.3, -0.25) is 4.79 Å². The number of Topliss-reactive ketones (excluding diaryl/α,β-unsaturated/α-hetero) is 1. The molecule has 0 spiro atoms. The Bertz CT molecular complexity index is 986. The van der Waals surface area contributed by atoms with Crippen LogP contribution in [0.2, 0.25) is 0 Å². The van der Waals surface area contributed by atoms with E-state index in [1.165, 1.54) is 13.0 Å². The molecule has 0 aliphatic carbocycles. The summed E-state index contributed by atoms with van der Waals surface area (Å²) in [6.45, 7) is 1.48. The molecule has 1 aromatic heterocycles. The smallest absolute Gasteiger partial charge is 0.165 e. The molecule has 2 aromatic carbocycles. The Morgan fingerprint density at radius 2 is 1.92 bits per heavy atom. The lowest BCUT2D eigenvalue weighted by molar-refractivity contribution is -0.116. The number of benzene rings is 2. The number of carbonyl (C=O) groups excluding carboxylic acids is 1. The van der Waals surface area contributed by atoms with Crippen LogP contribution in [0.15, 0.2) is 36.4 Å². The number of hydrogen-bond donors (Lipinski definition) is 0. The van der Waals surface area contributed by atoms with Crippen LogP contribution in [-0.2, 0) is 11.2 Å². The molecule has 3 aromatic rings. The van der Waals surface area contributed by atoms with Crippen molar-refractivity contribution in [3.63, 3.8) is 0 Å². The predicted octanol–water partition coefficient (Wildman–Crippen LogP) is 3.64. The van der Waals surface area contributed by atoms with Crippen molar-refractivity contribution in [2.45, 2.75) is 13.3 Å². The second-order valence-corrected chi connectivity index (χ2v) is 6.34. The summed E-state index contributed by atoms with van der Waals surface area (Å²) < 4.78 is 19.9. The molecule has 0 atom stereocenters. The van der Waals surface area contributed by atoms with Gasteiger partial charge in [0.1, 0.15) is 23.2 Å². The van der Waals surface area contributed by atoms with Crippen LogP contribution >= 0.6 is 0 Å². The minimum atomic E-state index is -0.443. The molecule has 0 N–H and O–H groups in total. The summed E-state index contributed by atoms with van der Waals surface area (Å²) in [7, 11) is 5.35. The van der Waals surface area contributed by atoms with Crippen molar-refractivity contribution in [3.05, 3.63) is 47.8 Å². The highest BCUT2D eigenvalue weighted by Gasteiger charge is 2.15. The molecular weight excluding hydrogens is 333 g/mol. The molecule has 26 heavy (non-hydrogen) atoms. The zero-order valence-corrected chi connectivity index (χ0v) is 15.2. The van der Waals surface area contributed by atoms with Crippen molar-refractivity contribution < 1.29 is 13.9 Å². The molecule has 3 rings (SSSR count). The Kier molecular flexibility index (Phi) is 4.84. The van der Waals surface area contributed by atoms with Crippen LogP contribution < -0.4 is 9.64 Å². The summed E-state index contributed by atoms with van der Waals surface area (Å²) in [5, 5.41) is 0.826. The van der Waals surface area contributed by atoms with Crippen molar-refractivity contribution in [2.75, 3.05) is 26.1 Å². The third kappa shape index (κ3) is 3.49. The lowest BCUT2D eigenvalue weighted by Crippen LogP contribution is -2.12. The van der Waals surface area contributed by atoms with Gasteiger partial charge in [-0.05, 0) is 42.8 Å². The molecule has 5 nitrogen and oxygen atoms in total. The number of methoxy groups -OCH3 is 1. The van der Waals surface area contributed by atoms with E-state index in [9.17, 15) is 9.18 Å². The van der Waals surface area contributed by atoms with E-state index in [4.69, 9.17) is 4.74 Å². The first-order chi connectivity index (χ1) is 12.4. The van der Waals surface area contributed by atoms with Crippen LogP contribution in [-0.4, -0.2) is 37.0 Å². The molecule has 0 amide bonds. The van der Waals surface area contributed by atoms with Crippen molar-refractivity contribution in [1.82, 2.24) is 9.97 Å². The molecule has 0 bridgehead atoms. The van der Waals surface area contributed by atoms with Gasteiger partial charge >= 0.3 is 0 Å². The first kappa shape index (κ1) is 17.8. The molecule has 0 fully saturated rings. The lowest BCUT2D eigenvalue weighted by atomic mass is 10.1. The second-order valence-electron chi connectivity index (χ2n) is 6.34. The summed E-state index contributed by atoms with van der Waals surface area (Å²) in [4.78, 5) is 22.2. The van der Waals surface area contributed by atoms with Crippen molar-refractivity contribution >= 4 is 22.5 Å². The summed E-state index contributed by atoms with van der Waals surface area (Å²) in [6.07, 6.45) is 0.207. The SMILES string of the molecule is COc1ccc2nc(-c3ccc(CC(C)=O)cc3F)nc(N(C)C)c2c1. The third-order valence-electron chi connectivity index (χ3n) is 4.03. The second kappa shape index (κ2) is 7.07. The van der Waals surface area contributed by atoms with E-state index in [0.29, 0.717) is 34.0 Å². The van der Waals surface area contributed by atoms with Gasteiger partial charge in [0.2, 0.25) is 0 Å². The predicted molar refractivity (Wildman–Crippen MR) is 100 cm³/mol. The standard InChI is InChI=1S/C20H20FN3O2/c1-12(25)9-13-5-7-15(17(21)10-13)19-22-18-8-6-14(26-4)11-16(18)20(23-19)24(2)3/h5-8,10-11H,9H2,1-4H3. The van der Waals surface area contributed by atoms with Gasteiger partial charge < -0.3 is 9.64 Å². The van der Waals surface area contributed by atoms with Crippen LogP contribution in [0.3, 0.4) is 0 Å². The number of halogens is 1. The van der Waals surface area contributed by atoms with Gasteiger partial charge in [0.05, 0.1) is 18.2 Å². The summed E-state index contributed by atoms with van der Waals surface area (Å²) in [5.41, 5.74) is 1.64. The minimum Gasteiger partial charge on any atom is -0.497 e. The summed E-state index contributed by atoms with van der Waals surface area (Å²) in [5.74, 6) is 1.23. The number of aromatic nitrogens is 2. The number of ether oxygens (including phenoxy) is 1. The maximum Gasteiger partial charge on any atom is 0.165 e. The number of hydrogen-bond acceptors (Lipinski definition) is 5. The number of ketones is 1. The Morgan fingerprint density at radius 1 is 1.15 bits per heavy atom. The molecule has 0 saturated heterocycles. The van der Waals surface area contributed by atoms with Crippen LogP contribution in [0.4, 0.5) is 10.2 Å². The lowest BCUT2D eigenvalue weighted by Gasteiger charge is -2.16. The number of fused-ring (bicyclic) bond motifs is 1. The molecule has 0 aliphatic heterocycles. The fraction of sp³-hybridized carbons (Fsp3) is 0.250. The summed E-state index contributed by atoms with van der Waals surface area (Å²) in [6, 6.07) is 10.2. The van der Waals surface area contributed by atoms with E-state index < -0.39 is 5.82 Å².